The highest BCUT2D eigenvalue weighted by Crippen LogP contribution is 2.24. The number of aryl methyl sites for hydroxylation is 1. The Morgan fingerprint density at radius 1 is 1.23 bits per heavy atom. The summed E-state index contributed by atoms with van der Waals surface area (Å²) in [6.07, 6.45) is 5.94. The summed E-state index contributed by atoms with van der Waals surface area (Å²) in [5.41, 5.74) is 3.47. The van der Waals surface area contributed by atoms with Crippen molar-refractivity contribution >= 4 is 18.0 Å². The fourth-order valence-corrected chi connectivity index (χ4v) is 1.30. The van der Waals surface area contributed by atoms with E-state index in [0.29, 0.717) is 0 Å². The largest absolute Gasteiger partial charge is 0.261 e. The van der Waals surface area contributed by atoms with Crippen molar-refractivity contribution in [2.24, 2.45) is 4.99 Å². The van der Waals surface area contributed by atoms with E-state index in [9.17, 15) is 0 Å². The molecule has 0 atom stereocenters. The minimum Gasteiger partial charge on any atom is -0.261 e. The van der Waals surface area contributed by atoms with E-state index >= 15 is 0 Å². The minimum atomic E-state index is 1.07. The molecule has 1 aromatic rings. The molecule has 0 saturated carbocycles. The van der Waals surface area contributed by atoms with Gasteiger partial charge in [0.25, 0.3) is 0 Å². The van der Waals surface area contributed by atoms with Gasteiger partial charge in [-0.25, -0.2) is 0 Å². The summed E-state index contributed by atoms with van der Waals surface area (Å²) < 4.78 is 0. The molecule has 13 heavy (non-hydrogen) atoms. The molecule has 0 aliphatic heterocycles. The lowest BCUT2D eigenvalue weighted by Gasteiger charge is -2.03. The lowest BCUT2D eigenvalue weighted by Crippen LogP contribution is -1.79. The van der Waals surface area contributed by atoms with Crippen molar-refractivity contribution in [2.45, 2.75) is 20.8 Å². The molecule has 0 fully saturated rings. The molecule has 1 nitrogen and oxygen atoms in total. The van der Waals surface area contributed by atoms with E-state index < -0.39 is 0 Å². The summed E-state index contributed by atoms with van der Waals surface area (Å²) >= 11 is 0. The first-order valence-electron chi connectivity index (χ1n) is 4.50. The maximum absolute atomic E-state index is 4.35. The van der Waals surface area contributed by atoms with Crippen LogP contribution in [0.25, 0.3) is 6.08 Å². The van der Waals surface area contributed by atoms with Crippen LogP contribution in [0.2, 0.25) is 0 Å². The smallest absolute Gasteiger partial charge is 0.0726 e. The van der Waals surface area contributed by atoms with Crippen molar-refractivity contribution in [2.75, 3.05) is 0 Å². The monoisotopic (exact) mass is 173 g/mol. The molecule has 1 heteroatoms. The third kappa shape index (κ3) is 2.28. The van der Waals surface area contributed by atoms with Gasteiger partial charge in [0, 0.05) is 11.8 Å². The minimum absolute atomic E-state index is 1.07. The zero-order valence-corrected chi connectivity index (χ0v) is 8.41. The molecule has 0 aliphatic carbocycles. The van der Waals surface area contributed by atoms with Crippen LogP contribution in [-0.4, -0.2) is 6.21 Å². The van der Waals surface area contributed by atoms with Crippen LogP contribution < -0.4 is 0 Å². The van der Waals surface area contributed by atoms with Gasteiger partial charge in [-0.2, -0.15) is 0 Å². The molecule has 0 saturated heterocycles. The van der Waals surface area contributed by atoms with Gasteiger partial charge in [0.1, 0.15) is 0 Å². The van der Waals surface area contributed by atoms with E-state index in [-0.39, 0.29) is 0 Å². The van der Waals surface area contributed by atoms with E-state index in [0.717, 1.165) is 5.69 Å². The van der Waals surface area contributed by atoms with Crippen molar-refractivity contribution in [1.82, 2.24) is 0 Å². The van der Waals surface area contributed by atoms with Crippen molar-refractivity contribution < 1.29 is 0 Å². The predicted molar refractivity (Wildman–Crippen MR) is 59.7 cm³/mol. The van der Waals surface area contributed by atoms with Crippen LogP contribution in [0.4, 0.5) is 5.69 Å². The molecular weight excluding hydrogens is 158 g/mol. The summed E-state index contributed by atoms with van der Waals surface area (Å²) in [5.74, 6) is 0. The third-order valence-corrected chi connectivity index (χ3v) is 1.87. The van der Waals surface area contributed by atoms with Crippen molar-refractivity contribution in [1.29, 1.82) is 0 Å². The van der Waals surface area contributed by atoms with Gasteiger partial charge in [-0.3, -0.25) is 4.99 Å². The first-order chi connectivity index (χ1) is 6.29. The average Bonchev–Trinajstić information content (AvgIpc) is 2.11. The Kier molecular flexibility index (Phi) is 3.44. The van der Waals surface area contributed by atoms with Crippen LogP contribution in [0.1, 0.15) is 25.0 Å². The summed E-state index contributed by atoms with van der Waals surface area (Å²) in [7, 11) is 0. The third-order valence-electron chi connectivity index (χ3n) is 1.87. The molecule has 68 valence electrons. The molecule has 0 bridgehead atoms. The number of hydrogen-bond acceptors (Lipinski definition) is 1. The van der Waals surface area contributed by atoms with Gasteiger partial charge in [-0.15, -0.1) is 0 Å². The molecule has 0 amide bonds. The van der Waals surface area contributed by atoms with Crippen LogP contribution in [0.15, 0.2) is 29.3 Å². The number of hydrogen-bond donors (Lipinski definition) is 0. The maximum Gasteiger partial charge on any atom is 0.0726 e. The predicted octanol–water partition coefficient (Wildman–Crippen LogP) is 3.75. The van der Waals surface area contributed by atoms with E-state index in [2.05, 4.69) is 36.2 Å². The second-order valence-corrected chi connectivity index (χ2v) is 2.90. The Morgan fingerprint density at radius 2 is 2.00 bits per heavy atom. The van der Waals surface area contributed by atoms with E-state index in [1.165, 1.54) is 11.1 Å². The standard InChI is InChI=1S/C12H15N/c1-4-7-11-9-6-8-10(3)12(11)13-5-2/h4-9H,1-3H3/b7-4-,13-5?. The first-order valence-corrected chi connectivity index (χ1v) is 4.50. The van der Waals surface area contributed by atoms with Crippen LogP contribution in [0.3, 0.4) is 0 Å². The number of nitrogens with zero attached hydrogens (tertiary/aromatic N) is 1. The van der Waals surface area contributed by atoms with Gasteiger partial charge in [0.15, 0.2) is 0 Å². The molecule has 0 aliphatic rings. The van der Waals surface area contributed by atoms with E-state index in [1.807, 2.05) is 26.1 Å². The van der Waals surface area contributed by atoms with Gasteiger partial charge in [-0.1, -0.05) is 30.4 Å². The zero-order chi connectivity index (χ0) is 9.68. The summed E-state index contributed by atoms with van der Waals surface area (Å²) in [4.78, 5) is 4.35. The quantitative estimate of drug-likeness (QED) is 0.604. The van der Waals surface area contributed by atoms with Gasteiger partial charge in [-0.05, 0) is 26.3 Å². The lowest BCUT2D eigenvalue weighted by molar-refractivity contribution is 1.39. The number of para-hydroxylation sites is 1. The normalized spacial score (nSPS) is 11.6. The SMILES string of the molecule is CC=Nc1c(C)cccc1/C=C\C. The first kappa shape index (κ1) is 9.72. The Morgan fingerprint density at radius 3 is 2.62 bits per heavy atom. The molecule has 0 radical (unpaired) electrons. The molecule has 0 unspecified atom stereocenters. The van der Waals surface area contributed by atoms with Crippen molar-refractivity contribution in [3.8, 4) is 0 Å². The van der Waals surface area contributed by atoms with Gasteiger partial charge in [0.05, 0.1) is 5.69 Å². The van der Waals surface area contributed by atoms with Gasteiger partial charge in [0.2, 0.25) is 0 Å². The zero-order valence-electron chi connectivity index (χ0n) is 8.41. The summed E-state index contributed by atoms with van der Waals surface area (Å²) in [6, 6.07) is 6.21. The summed E-state index contributed by atoms with van der Waals surface area (Å²) in [6.45, 7) is 6.03. The second-order valence-electron chi connectivity index (χ2n) is 2.90. The van der Waals surface area contributed by atoms with Crippen LogP contribution in [-0.2, 0) is 0 Å². The molecule has 1 aromatic carbocycles. The second kappa shape index (κ2) is 4.61. The fourth-order valence-electron chi connectivity index (χ4n) is 1.30. The van der Waals surface area contributed by atoms with Crippen LogP contribution >= 0.6 is 0 Å². The lowest BCUT2D eigenvalue weighted by atomic mass is 10.1. The van der Waals surface area contributed by atoms with Gasteiger partial charge < -0.3 is 0 Å². The number of allylic oxidation sites excluding steroid dienone is 1. The molecule has 0 heterocycles. The molecule has 0 aromatic heterocycles. The van der Waals surface area contributed by atoms with Crippen LogP contribution in [0, 0.1) is 6.92 Å². The Balaban J connectivity index is 3.25. The highest BCUT2D eigenvalue weighted by Gasteiger charge is 1.99. The van der Waals surface area contributed by atoms with E-state index in [1.54, 1.807) is 0 Å². The van der Waals surface area contributed by atoms with Crippen LogP contribution in [0.5, 0.6) is 0 Å². The summed E-state index contributed by atoms with van der Waals surface area (Å²) in [5, 5.41) is 0. The highest BCUT2D eigenvalue weighted by atomic mass is 14.7. The number of rotatable bonds is 2. The van der Waals surface area contributed by atoms with Crippen molar-refractivity contribution in [3.63, 3.8) is 0 Å². The van der Waals surface area contributed by atoms with Crippen molar-refractivity contribution in [3.05, 3.63) is 35.4 Å². The average molecular weight is 173 g/mol. The fraction of sp³-hybridized carbons (Fsp3) is 0.250. The molecule has 1 rings (SSSR count). The molecule has 0 spiro atoms. The Labute approximate surface area is 79.8 Å². The maximum atomic E-state index is 4.35. The Hall–Kier alpha value is -1.37. The van der Waals surface area contributed by atoms with Gasteiger partial charge >= 0.3 is 0 Å². The Bertz CT molecular complexity index is 335. The topological polar surface area (TPSA) is 12.4 Å². The molecular formula is C12H15N. The number of benzene rings is 1. The number of aliphatic imine (C=N–C) groups is 1. The highest BCUT2D eigenvalue weighted by molar-refractivity contribution is 5.71. The van der Waals surface area contributed by atoms with E-state index in [4.69, 9.17) is 0 Å². The molecule has 0 N–H and O–H groups in total.